The molecule has 1 atom stereocenters. The molecule has 0 fully saturated rings. The number of aromatic nitrogens is 3. The fraction of sp³-hybridized carbons (Fsp3) is 0.350. The van der Waals surface area contributed by atoms with Gasteiger partial charge in [0.1, 0.15) is 18.1 Å². The number of hydrogen-bond acceptors (Lipinski definition) is 5. The Hall–Kier alpha value is -3.09. The Kier molecular flexibility index (Phi) is 5.30. The van der Waals surface area contributed by atoms with Gasteiger partial charge >= 0.3 is 0 Å². The summed E-state index contributed by atoms with van der Waals surface area (Å²) < 4.78 is 12.8. The van der Waals surface area contributed by atoms with Crippen LogP contribution in [0.2, 0.25) is 0 Å². The minimum absolute atomic E-state index is 0.201. The van der Waals surface area contributed by atoms with Gasteiger partial charge in [0, 0.05) is 18.8 Å². The van der Waals surface area contributed by atoms with E-state index in [1.165, 1.54) is 0 Å². The number of benzene rings is 1. The van der Waals surface area contributed by atoms with Gasteiger partial charge in [-0.1, -0.05) is 23.4 Å². The van der Waals surface area contributed by atoms with Crippen LogP contribution in [0.25, 0.3) is 0 Å². The normalized spacial score (nSPS) is 12.0. The molecule has 1 amide bonds. The Morgan fingerprint density at radius 1 is 1.30 bits per heavy atom. The van der Waals surface area contributed by atoms with E-state index in [1.54, 1.807) is 11.6 Å². The van der Waals surface area contributed by atoms with Gasteiger partial charge in [-0.2, -0.15) is 5.10 Å². The molecule has 7 heteroatoms. The molecule has 0 radical (unpaired) electrons. The first-order chi connectivity index (χ1) is 12.9. The third kappa shape index (κ3) is 4.02. The summed E-state index contributed by atoms with van der Waals surface area (Å²) in [5.41, 5.74) is 3.76. The molecule has 0 aliphatic heterocycles. The number of para-hydroxylation sites is 1. The highest BCUT2D eigenvalue weighted by Crippen LogP contribution is 2.22. The fourth-order valence-corrected chi connectivity index (χ4v) is 2.99. The van der Waals surface area contributed by atoms with E-state index in [1.807, 2.05) is 58.3 Å². The molecule has 2 heterocycles. The third-order valence-electron chi connectivity index (χ3n) is 4.53. The van der Waals surface area contributed by atoms with Crippen molar-refractivity contribution in [3.8, 4) is 5.75 Å². The molecule has 0 bridgehead atoms. The van der Waals surface area contributed by atoms with Crippen LogP contribution in [-0.4, -0.2) is 20.8 Å². The summed E-state index contributed by atoms with van der Waals surface area (Å²) in [4.78, 5) is 12.7. The lowest BCUT2D eigenvalue weighted by Gasteiger charge is -2.13. The van der Waals surface area contributed by atoms with E-state index in [0.29, 0.717) is 11.3 Å². The highest BCUT2D eigenvalue weighted by molar-refractivity contribution is 5.94. The van der Waals surface area contributed by atoms with E-state index in [4.69, 9.17) is 9.26 Å². The van der Waals surface area contributed by atoms with Gasteiger partial charge in [-0.05, 0) is 39.3 Å². The highest BCUT2D eigenvalue weighted by atomic mass is 16.5. The summed E-state index contributed by atoms with van der Waals surface area (Å²) in [6.07, 6.45) is 1.90. The van der Waals surface area contributed by atoms with Gasteiger partial charge in [0.05, 0.1) is 17.3 Å². The maximum Gasteiger partial charge on any atom is 0.274 e. The number of nitrogens with one attached hydrogen (secondary N) is 1. The van der Waals surface area contributed by atoms with Gasteiger partial charge in [0.2, 0.25) is 0 Å². The first kappa shape index (κ1) is 18.7. The Morgan fingerprint density at radius 3 is 2.70 bits per heavy atom. The summed E-state index contributed by atoms with van der Waals surface area (Å²) in [6, 6.07) is 7.53. The van der Waals surface area contributed by atoms with Crippen molar-refractivity contribution in [2.45, 2.75) is 40.3 Å². The van der Waals surface area contributed by atoms with Gasteiger partial charge in [-0.3, -0.25) is 9.48 Å². The molecule has 0 saturated heterocycles. The molecule has 2 aromatic heterocycles. The number of ether oxygens (including phenoxy) is 1. The molecule has 0 aliphatic rings. The van der Waals surface area contributed by atoms with Crippen LogP contribution in [-0.2, 0) is 13.7 Å². The lowest BCUT2D eigenvalue weighted by atomic mass is 10.1. The van der Waals surface area contributed by atoms with Crippen molar-refractivity contribution < 1.29 is 14.1 Å². The van der Waals surface area contributed by atoms with Crippen LogP contribution in [0.15, 0.2) is 35.0 Å². The smallest absolute Gasteiger partial charge is 0.274 e. The Balaban J connectivity index is 1.74. The second kappa shape index (κ2) is 7.65. The summed E-state index contributed by atoms with van der Waals surface area (Å²) in [5.74, 6) is 1.04. The quantitative estimate of drug-likeness (QED) is 0.721. The maximum atomic E-state index is 12.7. The fourth-order valence-electron chi connectivity index (χ4n) is 2.99. The van der Waals surface area contributed by atoms with E-state index < -0.39 is 0 Å². The second-order valence-corrected chi connectivity index (χ2v) is 6.66. The number of carbonyl (C=O) groups excluding carboxylic acids is 1. The monoisotopic (exact) mass is 368 g/mol. The number of hydrogen-bond donors (Lipinski definition) is 1. The van der Waals surface area contributed by atoms with Gasteiger partial charge in [0.15, 0.2) is 5.69 Å². The number of carbonyl (C=O) groups is 1. The summed E-state index contributed by atoms with van der Waals surface area (Å²) in [5, 5.41) is 11.2. The molecule has 27 heavy (non-hydrogen) atoms. The Bertz CT molecular complexity index is 958. The molecular weight excluding hydrogens is 344 g/mol. The lowest BCUT2D eigenvalue weighted by molar-refractivity contribution is 0.0928. The number of nitrogens with zero attached hydrogens (tertiary/aromatic N) is 3. The van der Waals surface area contributed by atoms with Crippen LogP contribution in [0, 0.1) is 20.8 Å². The van der Waals surface area contributed by atoms with Crippen LogP contribution in [0.1, 0.15) is 51.6 Å². The Labute approximate surface area is 158 Å². The van der Waals surface area contributed by atoms with E-state index in [0.717, 1.165) is 22.6 Å². The molecule has 0 spiro atoms. The molecule has 142 valence electrons. The molecule has 1 N–H and O–H groups in total. The first-order valence-electron chi connectivity index (χ1n) is 8.81. The first-order valence-corrected chi connectivity index (χ1v) is 8.81. The third-order valence-corrected chi connectivity index (χ3v) is 4.53. The zero-order chi connectivity index (χ0) is 19.6. The van der Waals surface area contributed by atoms with Crippen LogP contribution < -0.4 is 10.1 Å². The second-order valence-electron chi connectivity index (χ2n) is 6.66. The standard InChI is InChI=1S/C20H24N4O3/c1-12-8-6-7-9-18(12)26-11-17-15(4)27-23-19(17)20(25)21-13(2)16-10-24(5)22-14(16)3/h6-10,13H,11H2,1-5H3,(H,21,25). The van der Waals surface area contributed by atoms with Crippen LogP contribution in [0.4, 0.5) is 0 Å². The molecule has 0 aliphatic carbocycles. The van der Waals surface area contributed by atoms with Crippen molar-refractivity contribution in [2.75, 3.05) is 0 Å². The molecule has 7 nitrogen and oxygen atoms in total. The average Bonchev–Trinajstić information content (AvgIpc) is 3.16. The zero-order valence-electron chi connectivity index (χ0n) is 16.2. The van der Waals surface area contributed by atoms with Crippen molar-refractivity contribution in [2.24, 2.45) is 7.05 Å². The molecule has 3 aromatic rings. The van der Waals surface area contributed by atoms with Crippen LogP contribution >= 0.6 is 0 Å². The average molecular weight is 368 g/mol. The lowest BCUT2D eigenvalue weighted by Crippen LogP contribution is -2.28. The van der Waals surface area contributed by atoms with Gasteiger partial charge in [-0.25, -0.2) is 0 Å². The molecular formula is C20H24N4O3. The summed E-state index contributed by atoms with van der Waals surface area (Å²) >= 11 is 0. The zero-order valence-corrected chi connectivity index (χ0v) is 16.2. The maximum absolute atomic E-state index is 12.7. The SMILES string of the molecule is Cc1ccccc1OCc1c(C(=O)NC(C)c2cn(C)nc2C)noc1C. The number of aryl methyl sites for hydroxylation is 4. The number of amides is 1. The van der Waals surface area contributed by atoms with E-state index in [2.05, 4.69) is 15.6 Å². The largest absolute Gasteiger partial charge is 0.488 e. The summed E-state index contributed by atoms with van der Waals surface area (Å²) in [6.45, 7) is 7.79. The van der Waals surface area contributed by atoms with Gasteiger partial charge in [-0.15, -0.1) is 0 Å². The Morgan fingerprint density at radius 2 is 2.04 bits per heavy atom. The predicted octanol–water partition coefficient (Wildman–Crippen LogP) is 3.40. The molecule has 3 rings (SSSR count). The van der Waals surface area contributed by atoms with E-state index in [9.17, 15) is 4.79 Å². The van der Waals surface area contributed by atoms with Gasteiger partial charge < -0.3 is 14.6 Å². The predicted molar refractivity (Wildman–Crippen MR) is 101 cm³/mol. The minimum atomic E-state index is -0.300. The summed E-state index contributed by atoms with van der Waals surface area (Å²) in [7, 11) is 1.85. The number of rotatable bonds is 6. The minimum Gasteiger partial charge on any atom is -0.488 e. The van der Waals surface area contributed by atoms with Crippen LogP contribution in [0.3, 0.4) is 0 Å². The van der Waals surface area contributed by atoms with Crippen molar-refractivity contribution in [1.29, 1.82) is 0 Å². The molecule has 1 aromatic carbocycles. The topological polar surface area (TPSA) is 82.2 Å². The van der Waals surface area contributed by atoms with E-state index in [-0.39, 0.29) is 24.2 Å². The molecule has 0 saturated carbocycles. The molecule has 1 unspecified atom stereocenters. The van der Waals surface area contributed by atoms with Crippen molar-refractivity contribution in [3.63, 3.8) is 0 Å². The highest BCUT2D eigenvalue weighted by Gasteiger charge is 2.23. The van der Waals surface area contributed by atoms with E-state index >= 15 is 0 Å². The van der Waals surface area contributed by atoms with Crippen molar-refractivity contribution in [3.05, 3.63) is 64.3 Å². The van der Waals surface area contributed by atoms with Crippen molar-refractivity contribution >= 4 is 5.91 Å². The van der Waals surface area contributed by atoms with Crippen molar-refractivity contribution in [1.82, 2.24) is 20.3 Å². The van der Waals surface area contributed by atoms with Crippen LogP contribution in [0.5, 0.6) is 5.75 Å². The van der Waals surface area contributed by atoms with Gasteiger partial charge in [0.25, 0.3) is 5.91 Å².